The zero-order chi connectivity index (χ0) is 20.7. The molecule has 1 fully saturated rings. The molecule has 0 radical (unpaired) electrons. The van der Waals surface area contributed by atoms with Crippen LogP contribution in [0.2, 0.25) is 0 Å². The van der Waals surface area contributed by atoms with Crippen molar-refractivity contribution in [2.24, 2.45) is 5.92 Å². The Balaban J connectivity index is 0.00000144. The van der Waals surface area contributed by atoms with Crippen LogP contribution in [0.15, 0.2) is 35.1 Å². The summed E-state index contributed by atoms with van der Waals surface area (Å²) in [5.74, 6) is 0.903. The zero-order valence-electron chi connectivity index (χ0n) is 17.4. The summed E-state index contributed by atoms with van der Waals surface area (Å²) < 4.78 is 15.1. The number of benzene rings is 1. The molecule has 0 saturated carbocycles. The van der Waals surface area contributed by atoms with Crippen molar-refractivity contribution < 1.29 is 9.18 Å². The summed E-state index contributed by atoms with van der Waals surface area (Å²) in [5.41, 5.74) is 2.42. The minimum Gasteiger partial charge on any atom is -0.352 e. The Kier molecular flexibility index (Phi) is 7.59. The van der Waals surface area contributed by atoms with Crippen molar-refractivity contribution in [3.8, 4) is 0 Å². The highest BCUT2D eigenvalue weighted by Crippen LogP contribution is 2.31. The first-order chi connectivity index (χ1) is 14.6. The number of pyridine rings is 1. The summed E-state index contributed by atoms with van der Waals surface area (Å²) in [5, 5.41) is 6.27. The lowest BCUT2D eigenvalue weighted by Gasteiger charge is -2.37. The van der Waals surface area contributed by atoms with Crippen LogP contribution in [0.5, 0.6) is 0 Å². The van der Waals surface area contributed by atoms with Crippen LogP contribution in [0, 0.1) is 11.7 Å². The topological polar surface area (TPSA) is 91.8 Å². The van der Waals surface area contributed by atoms with Crippen LogP contribution in [0.25, 0.3) is 11.0 Å². The van der Waals surface area contributed by atoms with Gasteiger partial charge >= 0.3 is 0 Å². The van der Waals surface area contributed by atoms with E-state index in [4.69, 9.17) is 0 Å². The second kappa shape index (κ2) is 10.0. The number of rotatable bonds is 5. The third-order valence-corrected chi connectivity index (χ3v) is 6.12. The summed E-state index contributed by atoms with van der Waals surface area (Å²) >= 11 is 0. The van der Waals surface area contributed by atoms with E-state index < -0.39 is 0 Å². The predicted molar refractivity (Wildman–Crippen MR) is 126 cm³/mol. The number of nitrogens with one attached hydrogen (secondary N) is 3. The maximum absolute atomic E-state index is 13.3. The van der Waals surface area contributed by atoms with Crippen molar-refractivity contribution in [3.63, 3.8) is 0 Å². The van der Waals surface area contributed by atoms with Gasteiger partial charge in [-0.25, -0.2) is 9.37 Å². The quantitative estimate of drug-likeness (QED) is 0.488. The second-order valence-corrected chi connectivity index (χ2v) is 8.25. The molecule has 1 aromatic carbocycles. The SMILES string of the molecule is Cl.Cl.O=C(NCCCc1nc2ccc(F)cc2[nH]1)c1ccc2n(c1=O)C[C@@H]1CNC[C@H]2C1. The third kappa shape index (κ3) is 4.67. The summed E-state index contributed by atoms with van der Waals surface area (Å²) in [4.78, 5) is 33.0. The van der Waals surface area contributed by atoms with Crippen LogP contribution < -0.4 is 16.2 Å². The van der Waals surface area contributed by atoms with Crippen LogP contribution >= 0.6 is 24.8 Å². The monoisotopic (exact) mass is 481 g/mol. The standard InChI is InChI=1S/C22H24FN5O2.2ClH/c23-15-3-5-17-18(9-15)27-20(26-17)2-1-7-25-21(29)16-4-6-19-14-8-13(10-24-11-14)12-28(19)22(16)30;;/h3-6,9,13-14,24H,1-2,7-8,10-12H2,(H,25,29)(H,26,27);2*1H/t13-,14+;;/m0../s1. The molecule has 3 N–H and O–H groups in total. The normalized spacial score (nSPS) is 18.9. The first-order valence-electron chi connectivity index (χ1n) is 10.5. The summed E-state index contributed by atoms with van der Waals surface area (Å²) in [6.45, 7) is 2.91. The van der Waals surface area contributed by atoms with E-state index in [1.807, 2.05) is 6.07 Å². The van der Waals surface area contributed by atoms with E-state index in [2.05, 4.69) is 20.6 Å². The Morgan fingerprint density at radius 3 is 2.91 bits per heavy atom. The van der Waals surface area contributed by atoms with Gasteiger partial charge in [0.1, 0.15) is 17.2 Å². The average Bonchev–Trinajstić information content (AvgIpc) is 3.14. The van der Waals surface area contributed by atoms with E-state index >= 15 is 0 Å². The molecule has 2 aromatic heterocycles. The lowest BCUT2D eigenvalue weighted by atomic mass is 9.84. The van der Waals surface area contributed by atoms with Gasteiger partial charge in [0.2, 0.25) is 0 Å². The minimum absolute atomic E-state index is 0. The number of aryl methyl sites for hydroxylation is 1. The molecule has 1 saturated heterocycles. The van der Waals surface area contributed by atoms with E-state index in [9.17, 15) is 14.0 Å². The first-order valence-corrected chi connectivity index (χ1v) is 10.5. The number of hydrogen-bond donors (Lipinski definition) is 3. The van der Waals surface area contributed by atoms with E-state index in [-0.39, 0.29) is 47.7 Å². The third-order valence-electron chi connectivity index (χ3n) is 6.12. The fourth-order valence-electron chi connectivity index (χ4n) is 4.67. The molecule has 0 unspecified atom stereocenters. The molecule has 7 nitrogen and oxygen atoms in total. The highest BCUT2D eigenvalue weighted by atomic mass is 35.5. The van der Waals surface area contributed by atoms with Crippen molar-refractivity contribution in [2.75, 3.05) is 19.6 Å². The number of amides is 1. The Labute approximate surface area is 197 Å². The van der Waals surface area contributed by atoms with Crippen molar-refractivity contribution in [1.29, 1.82) is 0 Å². The Hall–Kier alpha value is -2.42. The molecule has 32 heavy (non-hydrogen) atoms. The summed E-state index contributed by atoms with van der Waals surface area (Å²) in [7, 11) is 0. The first kappa shape index (κ1) is 24.2. The fourth-order valence-corrected chi connectivity index (χ4v) is 4.67. The Morgan fingerprint density at radius 1 is 1.22 bits per heavy atom. The molecule has 2 aliphatic rings. The largest absolute Gasteiger partial charge is 0.352 e. The minimum atomic E-state index is -0.337. The number of piperidine rings is 1. The molecule has 4 heterocycles. The molecule has 5 rings (SSSR count). The number of H-pyrrole nitrogens is 1. The highest BCUT2D eigenvalue weighted by molar-refractivity contribution is 5.93. The fraction of sp³-hybridized carbons (Fsp3) is 0.409. The molecule has 0 aliphatic carbocycles. The van der Waals surface area contributed by atoms with Crippen molar-refractivity contribution in [3.05, 3.63) is 63.6 Å². The second-order valence-electron chi connectivity index (χ2n) is 8.25. The molecule has 1 amide bonds. The van der Waals surface area contributed by atoms with Crippen LogP contribution in [0.3, 0.4) is 0 Å². The van der Waals surface area contributed by atoms with Gasteiger partial charge in [0.05, 0.1) is 11.0 Å². The number of imidazole rings is 1. The maximum atomic E-state index is 13.3. The van der Waals surface area contributed by atoms with Crippen LogP contribution in [-0.2, 0) is 13.0 Å². The molecule has 2 atom stereocenters. The number of aromatic nitrogens is 3. The number of aromatic amines is 1. The van der Waals surface area contributed by atoms with E-state index in [1.54, 1.807) is 16.7 Å². The maximum Gasteiger partial charge on any atom is 0.263 e. The number of carbonyl (C=O) groups is 1. The van der Waals surface area contributed by atoms with E-state index in [0.29, 0.717) is 43.3 Å². The average molecular weight is 482 g/mol. The van der Waals surface area contributed by atoms with Gasteiger partial charge in [-0.05, 0) is 55.6 Å². The van der Waals surface area contributed by atoms with E-state index in [0.717, 1.165) is 36.5 Å². The van der Waals surface area contributed by atoms with Gasteiger partial charge in [0, 0.05) is 37.7 Å². The molecular formula is C22H26Cl2FN5O2. The molecule has 0 spiro atoms. The van der Waals surface area contributed by atoms with Crippen LogP contribution in [0.4, 0.5) is 4.39 Å². The predicted octanol–water partition coefficient (Wildman–Crippen LogP) is 2.78. The summed E-state index contributed by atoms with van der Waals surface area (Å²) in [6.07, 6.45) is 2.39. The number of halogens is 3. The molecule has 2 aliphatic heterocycles. The summed E-state index contributed by atoms with van der Waals surface area (Å²) in [6, 6.07) is 8.03. The number of carbonyl (C=O) groups excluding carboxylic acids is 1. The zero-order valence-corrected chi connectivity index (χ0v) is 19.0. The smallest absolute Gasteiger partial charge is 0.263 e. The van der Waals surface area contributed by atoms with Gasteiger partial charge in [0.25, 0.3) is 11.5 Å². The van der Waals surface area contributed by atoms with Gasteiger partial charge in [-0.1, -0.05) is 0 Å². The molecule has 172 valence electrons. The highest BCUT2D eigenvalue weighted by Gasteiger charge is 2.31. The van der Waals surface area contributed by atoms with Gasteiger partial charge < -0.3 is 20.2 Å². The van der Waals surface area contributed by atoms with Crippen LogP contribution in [-0.4, -0.2) is 40.1 Å². The molecule has 2 bridgehead atoms. The lowest BCUT2D eigenvalue weighted by Crippen LogP contribution is -2.46. The molecular weight excluding hydrogens is 456 g/mol. The molecule has 3 aromatic rings. The van der Waals surface area contributed by atoms with Crippen LogP contribution in [0.1, 0.15) is 40.6 Å². The lowest BCUT2D eigenvalue weighted by molar-refractivity contribution is 0.0950. The number of hydrogen-bond acceptors (Lipinski definition) is 4. The van der Waals surface area contributed by atoms with Gasteiger partial charge in [-0.15, -0.1) is 24.8 Å². The van der Waals surface area contributed by atoms with Crippen molar-refractivity contribution >= 4 is 41.8 Å². The molecule has 10 heteroatoms. The number of nitrogens with zero attached hydrogens (tertiary/aromatic N) is 2. The number of fused-ring (bicyclic) bond motifs is 5. The van der Waals surface area contributed by atoms with Gasteiger partial charge in [-0.2, -0.15) is 0 Å². The Morgan fingerprint density at radius 2 is 2.06 bits per heavy atom. The van der Waals surface area contributed by atoms with Crippen molar-refractivity contribution in [1.82, 2.24) is 25.2 Å². The van der Waals surface area contributed by atoms with Crippen molar-refractivity contribution in [2.45, 2.75) is 31.7 Å². The van der Waals surface area contributed by atoms with Gasteiger partial charge in [0.15, 0.2) is 0 Å². The Bertz CT molecular complexity index is 1180. The van der Waals surface area contributed by atoms with E-state index in [1.165, 1.54) is 12.1 Å². The van der Waals surface area contributed by atoms with Gasteiger partial charge in [-0.3, -0.25) is 9.59 Å².